The molecule has 6 heteroatoms. The van der Waals surface area contributed by atoms with Crippen LogP contribution in [0.15, 0.2) is 24.3 Å². The molecule has 0 bridgehead atoms. The van der Waals surface area contributed by atoms with Crippen LogP contribution in [0.5, 0.6) is 0 Å². The smallest absolute Gasteiger partial charge is 0.416 e. The second-order valence-corrected chi connectivity index (χ2v) is 3.32. The zero-order valence-electron chi connectivity index (χ0n) is 9.32. The molecule has 0 amide bonds. The van der Waals surface area contributed by atoms with E-state index in [1.807, 2.05) is 0 Å². The SMILES string of the molecule is COC(=O)C=Cc1cc(C(F)(F)F)ccc1C=O. The standard InChI is InChI=1S/C12H9F3O3/c1-18-11(17)5-3-8-6-10(12(13,14)15)4-2-9(8)7-16/h2-7H,1H3. The number of hydrogen-bond donors (Lipinski definition) is 0. The minimum atomic E-state index is -4.50. The number of aldehydes is 1. The van der Waals surface area contributed by atoms with E-state index in [4.69, 9.17) is 0 Å². The van der Waals surface area contributed by atoms with Crippen LogP contribution >= 0.6 is 0 Å². The maximum atomic E-state index is 12.5. The van der Waals surface area contributed by atoms with E-state index in [0.717, 1.165) is 37.5 Å². The first-order valence-corrected chi connectivity index (χ1v) is 4.81. The molecule has 0 unspecified atom stereocenters. The molecule has 0 heterocycles. The van der Waals surface area contributed by atoms with Gasteiger partial charge in [0.15, 0.2) is 6.29 Å². The Labute approximate surface area is 101 Å². The highest BCUT2D eigenvalue weighted by Crippen LogP contribution is 2.30. The molecule has 0 fully saturated rings. The number of rotatable bonds is 3. The Morgan fingerprint density at radius 1 is 1.28 bits per heavy atom. The van der Waals surface area contributed by atoms with E-state index in [1.54, 1.807) is 0 Å². The number of benzene rings is 1. The molecule has 0 radical (unpaired) electrons. The van der Waals surface area contributed by atoms with Gasteiger partial charge in [-0.25, -0.2) is 4.79 Å². The highest BCUT2D eigenvalue weighted by molar-refractivity contribution is 5.90. The molecule has 1 aromatic rings. The summed E-state index contributed by atoms with van der Waals surface area (Å²) < 4.78 is 41.7. The molecule has 1 aromatic carbocycles. The topological polar surface area (TPSA) is 43.4 Å². The van der Waals surface area contributed by atoms with Gasteiger partial charge in [-0.05, 0) is 23.8 Å². The van der Waals surface area contributed by atoms with Crippen molar-refractivity contribution in [2.24, 2.45) is 0 Å². The lowest BCUT2D eigenvalue weighted by Gasteiger charge is -2.08. The van der Waals surface area contributed by atoms with Crippen LogP contribution in [0.4, 0.5) is 13.2 Å². The molecule has 18 heavy (non-hydrogen) atoms. The lowest BCUT2D eigenvalue weighted by atomic mass is 10.0. The van der Waals surface area contributed by atoms with Crippen molar-refractivity contribution in [1.29, 1.82) is 0 Å². The summed E-state index contributed by atoms with van der Waals surface area (Å²) in [6.45, 7) is 0. The van der Waals surface area contributed by atoms with E-state index in [0.29, 0.717) is 6.29 Å². The summed E-state index contributed by atoms with van der Waals surface area (Å²) >= 11 is 0. The average molecular weight is 258 g/mol. The van der Waals surface area contributed by atoms with Gasteiger partial charge in [0.05, 0.1) is 12.7 Å². The van der Waals surface area contributed by atoms with E-state index >= 15 is 0 Å². The lowest BCUT2D eigenvalue weighted by molar-refractivity contribution is -0.137. The van der Waals surface area contributed by atoms with Crippen LogP contribution in [-0.4, -0.2) is 19.4 Å². The Morgan fingerprint density at radius 3 is 2.44 bits per heavy atom. The molecule has 0 aliphatic rings. The fourth-order valence-corrected chi connectivity index (χ4v) is 1.23. The molecule has 0 aliphatic carbocycles. The monoisotopic (exact) mass is 258 g/mol. The first-order chi connectivity index (χ1) is 8.38. The quantitative estimate of drug-likeness (QED) is 0.475. The molecule has 0 atom stereocenters. The van der Waals surface area contributed by atoms with Crippen molar-refractivity contribution in [3.05, 3.63) is 41.0 Å². The molecule has 96 valence electrons. The van der Waals surface area contributed by atoms with Crippen molar-refractivity contribution in [3.8, 4) is 0 Å². The van der Waals surface area contributed by atoms with Crippen LogP contribution in [0.3, 0.4) is 0 Å². The van der Waals surface area contributed by atoms with Crippen molar-refractivity contribution >= 4 is 18.3 Å². The minimum Gasteiger partial charge on any atom is -0.466 e. The van der Waals surface area contributed by atoms with E-state index in [-0.39, 0.29) is 11.1 Å². The maximum absolute atomic E-state index is 12.5. The fourth-order valence-electron chi connectivity index (χ4n) is 1.23. The number of methoxy groups -OCH3 is 1. The van der Waals surface area contributed by atoms with Crippen molar-refractivity contribution in [2.75, 3.05) is 7.11 Å². The molecule has 0 spiro atoms. The second kappa shape index (κ2) is 5.48. The first kappa shape index (κ1) is 14.0. The van der Waals surface area contributed by atoms with Gasteiger partial charge in [0.2, 0.25) is 0 Å². The molecule has 1 rings (SSSR count). The maximum Gasteiger partial charge on any atom is 0.416 e. The summed E-state index contributed by atoms with van der Waals surface area (Å²) in [4.78, 5) is 21.5. The van der Waals surface area contributed by atoms with E-state index in [9.17, 15) is 22.8 Å². The van der Waals surface area contributed by atoms with Crippen molar-refractivity contribution < 1.29 is 27.5 Å². The van der Waals surface area contributed by atoms with Gasteiger partial charge in [-0.2, -0.15) is 13.2 Å². The predicted molar refractivity (Wildman–Crippen MR) is 57.9 cm³/mol. The summed E-state index contributed by atoms with van der Waals surface area (Å²) in [6, 6.07) is 2.65. The van der Waals surface area contributed by atoms with Gasteiger partial charge in [0.25, 0.3) is 0 Å². The zero-order valence-corrected chi connectivity index (χ0v) is 9.32. The summed E-state index contributed by atoms with van der Waals surface area (Å²) in [5.41, 5.74) is -0.828. The Kier molecular flexibility index (Phi) is 4.25. The van der Waals surface area contributed by atoms with Crippen molar-refractivity contribution in [2.45, 2.75) is 6.18 Å². The normalized spacial score (nSPS) is 11.6. The molecule has 0 saturated carbocycles. The summed E-state index contributed by atoms with van der Waals surface area (Å²) in [5.74, 6) is -0.718. The second-order valence-electron chi connectivity index (χ2n) is 3.32. The Bertz CT molecular complexity index is 490. The van der Waals surface area contributed by atoms with Gasteiger partial charge < -0.3 is 4.74 Å². The van der Waals surface area contributed by atoms with E-state index in [2.05, 4.69) is 4.74 Å². The van der Waals surface area contributed by atoms with E-state index in [1.165, 1.54) is 0 Å². The van der Waals surface area contributed by atoms with Crippen molar-refractivity contribution in [1.82, 2.24) is 0 Å². The Balaban J connectivity index is 3.19. The summed E-state index contributed by atoms with van der Waals surface area (Å²) in [5, 5.41) is 0. The van der Waals surface area contributed by atoms with Gasteiger partial charge in [0, 0.05) is 11.6 Å². The number of halogens is 3. The van der Waals surface area contributed by atoms with Gasteiger partial charge in [-0.1, -0.05) is 6.07 Å². The number of ether oxygens (including phenoxy) is 1. The molecular weight excluding hydrogens is 249 g/mol. The van der Waals surface area contributed by atoms with Gasteiger partial charge in [-0.15, -0.1) is 0 Å². The third-order valence-electron chi connectivity index (χ3n) is 2.14. The van der Waals surface area contributed by atoms with Gasteiger partial charge in [0.1, 0.15) is 0 Å². The molecule has 0 saturated heterocycles. The van der Waals surface area contributed by atoms with Gasteiger partial charge >= 0.3 is 12.1 Å². The number of carbonyl (C=O) groups excluding carboxylic acids is 2. The van der Waals surface area contributed by atoms with Crippen LogP contribution in [-0.2, 0) is 15.7 Å². The first-order valence-electron chi connectivity index (χ1n) is 4.81. The summed E-state index contributed by atoms with van der Waals surface area (Å²) in [6.07, 6.45) is -2.04. The van der Waals surface area contributed by atoms with Crippen LogP contribution in [0, 0.1) is 0 Å². The van der Waals surface area contributed by atoms with Crippen LogP contribution in [0.2, 0.25) is 0 Å². The average Bonchev–Trinajstić information content (AvgIpc) is 2.34. The van der Waals surface area contributed by atoms with Gasteiger partial charge in [-0.3, -0.25) is 4.79 Å². The Hall–Kier alpha value is -2.11. The molecule has 3 nitrogen and oxygen atoms in total. The number of esters is 1. The van der Waals surface area contributed by atoms with E-state index < -0.39 is 17.7 Å². The zero-order chi connectivity index (χ0) is 13.8. The fraction of sp³-hybridized carbons (Fsp3) is 0.167. The Morgan fingerprint density at radius 2 is 1.94 bits per heavy atom. The van der Waals surface area contributed by atoms with Crippen LogP contribution in [0.25, 0.3) is 6.08 Å². The van der Waals surface area contributed by atoms with Crippen LogP contribution in [0.1, 0.15) is 21.5 Å². The number of hydrogen-bond acceptors (Lipinski definition) is 3. The minimum absolute atomic E-state index is 0.00484. The third-order valence-corrected chi connectivity index (χ3v) is 2.14. The summed E-state index contributed by atoms with van der Waals surface area (Å²) in [7, 11) is 1.14. The lowest BCUT2D eigenvalue weighted by Crippen LogP contribution is -2.05. The molecule has 0 aromatic heterocycles. The largest absolute Gasteiger partial charge is 0.466 e. The predicted octanol–water partition coefficient (Wildman–Crippen LogP) is 2.70. The van der Waals surface area contributed by atoms with Crippen molar-refractivity contribution in [3.63, 3.8) is 0 Å². The van der Waals surface area contributed by atoms with Crippen LogP contribution < -0.4 is 0 Å². The highest BCUT2D eigenvalue weighted by Gasteiger charge is 2.30. The molecular formula is C12H9F3O3. The number of alkyl halides is 3. The molecule has 0 N–H and O–H groups in total. The number of carbonyl (C=O) groups is 2. The third kappa shape index (κ3) is 3.44. The molecule has 0 aliphatic heterocycles. The highest BCUT2D eigenvalue weighted by atomic mass is 19.4.